The summed E-state index contributed by atoms with van der Waals surface area (Å²) in [5, 5.41) is 2.75. The fourth-order valence-corrected chi connectivity index (χ4v) is 3.21. The highest BCUT2D eigenvalue weighted by molar-refractivity contribution is 9.10. The van der Waals surface area contributed by atoms with E-state index in [0.717, 1.165) is 31.2 Å². The molecule has 0 radical (unpaired) electrons. The number of amides is 1. The molecule has 0 atom stereocenters. The summed E-state index contributed by atoms with van der Waals surface area (Å²) in [7, 11) is 0. The monoisotopic (exact) mass is 350 g/mol. The molecule has 0 bridgehead atoms. The van der Waals surface area contributed by atoms with Crippen LogP contribution >= 0.6 is 27.7 Å². The van der Waals surface area contributed by atoms with Crippen LogP contribution in [0.5, 0.6) is 0 Å². The molecule has 1 amide bonds. The van der Waals surface area contributed by atoms with Crippen molar-refractivity contribution in [2.75, 3.05) is 11.1 Å². The molecule has 104 valence electrons. The van der Waals surface area contributed by atoms with Crippen molar-refractivity contribution in [3.8, 4) is 0 Å². The summed E-state index contributed by atoms with van der Waals surface area (Å²) in [6.45, 7) is 3.49. The Labute approximate surface area is 131 Å². The maximum absolute atomic E-state index is 11.0. The summed E-state index contributed by atoms with van der Waals surface area (Å²) < 4.78 is 0.983. The molecule has 0 aromatic heterocycles. The summed E-state index contributed by atoms with van der Waals surface area (Å²) in [6.07, 6.45) is 0. The zero-order chi connectivity index (χ0) is 14.7. The summed E-state index contributed by atoms with van der Waals surface area (Å²) in [6, 6.07) is 11.7. The maximum atomic E-state index is 11.0. The number of halogens is 1. The van der Waals surface area contributed by atoms with Gasteiger partial charge in [-0.2, -0.15) is 0 Å². The first kappa shape index (κ1) is 14.9. The van der Waals surface area contributed by atoms with Crippen LogP contribution in [0, 0.1) is 6.92 Å². The normalized spacial score (nSPS) is 10.3. The first-order chi connectivity index (χ1) is 9.45. The Hall–Kier alpha value is -1.46. The zero-order valence-corrected chi connectivity index (χ0v) is 13.6. The minimum absolute atomic E-state index is 0.0673. The van der Waals surface area contributed by atoms with Crippen molar-refractivity contribution < 1.29 is 4.79 Å². The van der Waals surface area contributed by atoms with E-state index in [1.54, 1.807) is 11.8 Å². The van der Waals surface area contributed by atoms with Gasteiger partial charge < -0.3 is 11.1 Å². The van der Waals surface area contributed by atoms with Crippen molar-refractivity contribution in [3.63, 3.8) is 0 Å². The molecule has 2 rings (SSSR count). The molecule has 2 aromatic carbocycles. The standard InChI is InChI=1S/C15H15BrN2OS/c1-9-7-15(13(16)8-14(9)17)20-12-5-3-11(4-6-12)18-10(2)19/h3-8H,17H2,1-2H3,(H,18,19). The van der Waals surface area contributed by atoms with Crippen LogP contribution in [0.2, 0.25) is 0 Å². The Kier molecular flexibility index (Phi) is 4.73. The van der Waals surface area contributed by atoms with E-state index in [1.807, 2.05) is 37.3 Å². The number of rotatable bonds is 3. The highest BCUT2D eigenvalue weighted by Crippen LogP contribution is 2.36. The average molecular weight is 351 g/mol. The van der Waals surface area contributed by atoms with E-state index in [4.69, 9.17) is 5.73 Å². The second-order valence-electron chi connectivity index (χ2n) is 4.45. The molecular formula is C15H15BrN2OS. The quantitative estimate of drug-likeness (QED) is 0.804. The number of aryl methyl sites for hydroxylation is 1. The molecule has 0 fully saturated rings. The van der Waals surface area contributed by atoms with Crippen molar-refractivity contribution in [2.45, 2.75) is 23.6 Å². The van der Waals surface area contributed by atoms with Gasteiger partial charge in [0.25, 0.3) is 0 Å². The minimum Gasteiger partial charge on any atom is -0.398 e. The second kappa shape index (κ2) is 6.33. The van der Waals surface area contributed by atoms with Crippen LogP contribution in [-0.2, 0) is 4.79 Å². The third-order valence-corrected chi connectivity index (χ3v) is 4.71. The van der Waals surface area contributed by atoms with Gasteiger partial charge in [-0.1, -0.05) is 11.8 Å². The molecule has 2 aromatic rings. The van der Waals surface area contributed by atoms with Gasteiger partial charge in [-0.25, -0.2) is 0 Å². The van der Waals surface area contributed by atoms with E-state index >= 15 is 0 Å². The van der Waals surface area contributed by atoms with Crippen molar-refractivity contribution in [2.24, 2.45) is 0 Å². The van der Waals surface area contributed by atoms with Crippen molar-refractivity contribution >= 4 is 45.0 Å². The van der Waals surface area contributed by atoms with E-state index in [2.05, 4.69) is 27.3 Å². The Bertz CT molecular complexity index is 641. The van der Waals surface area contributed by atoms with Crippen LogP contribution in [0.25, 0.3) is 0 Å². The molecule has 0 aliphatic rings. The van der Waals surface area contributed by atoms with E-state index in [9.17, 15) is 4.79 Å². The largest absolute Gasteiger partial charge is 0.398 e. The average Bonchev–Trinajstić information content (AvgIpc) is 2.37. The lowest BCUT2D eigenvalue weighted by Gasteiger charge is -2.09. The molecule has 0 spiro atoms. The third kappa shape index (κ3) is 3.77. The van der Waals surface area contributed by atoms with Gasteiger partial charge >= 0.3 is 0 Å². The Morgan fingerprint density at radius 1 is 1.25 bits per heavy atom. The fraction of sp³-hybridized carbons (Fsp3) is 0.133. The molecule has 20 heavy (non-hydrogen) atoms. The number of nitrogens with one attached hydrogen (secondary N) is 1. The number of benzene rings is 2. The van der Waals surface area contributed by atoms with Gasteiger partial charge in [-0.05, 0) is 64.8 Å². The molecular weight excluding hydrogens is 336 g/mol. The number of anilines is 2. The minimum atomic E-state index is -0.0673. The number of nitrogen functional groups attached to an aromatic ring is 1. The van der Waals surface area contributed by atoms with Crippen molar-refractivity contribution in [1.82, 2.24) is 0 Å². The Morgan fingerprint density at radius 3 is 2.50 bits per heavy atom. The highest BCUT2D eigenvalue weighted by Gasteiger charge is 2.06. The molecule has 5 heteroatoms. The maximum Gasteiger partial charge on any atom is 0.221 e. The second-order valence-corrected chi connectivity index (χ2v) is 6.42. The molecule has 0 aliphatic heterocycles. The number of nitrogens with two attached hydrogens (primary N) is 1. The molecule has 3 nitrogen and oxygen atoms in total. The lowest BCUT2D eigenvalue weighted by Crippen LogP contribution is -2.05. The van der Waals surface area contributed by atoms with Gasteiger partial charge in [0.15, 0.2) is 0 Å². The predicted molar refractivity (Wildman–Crippen MR) is 88.2 cm³/mol. The summed E-state index contributed by atoms with van der Waals surface area (Å²) in [5.74, 6) is -0.0673. The van der Waals surface area contributed by atoms with E-state index in [-0.39, 0.29) is 5.91 Å². The van der Waals surface area contributed by atoms with Crippen LogP contribution in [0.15, 0.2) is 50.7 Å². The molecule has 3 N–H and O–H groups in total. The third-order valence-electron chi connectivity index (χ3n) is 2.72. The Morgan fingerprint density at radius 2 is 1.90 bits per heavy atom. The van der Waals surface area contributed by atoms with Crippen LogP contribution in [-0.4, -0.2) is 5.91 Å². The molecule has 0 saturated heterocycles. The lowest BCUT2D eigenvalue weighted by atomic mass is 10.2. The molecule has 0 aliphatic carbocycles. The molecule has 0 saturated carbocycles. The van der Waals surface area contributed by atoms with Gasteiger partial charge in [0.05, 0.1) is 0 Å². The Balaban J connectivity index is 2.18. The molecule has 0 heterocycles. The molecule has 0 unspecified atom stereocenters. The van der Waals surface area contributed by atoms with Gasteiger partial charge in [-0.15, -0.1) is 0 Å². The van der Waals surface area contributed by atoms with Crippen LogP contribution in [0.4, 0.5) is 11.4 Å². The van der Waals surface area contributed by atoms with Crippen LogP contribution in [0.1, 0.15) is 12.5 Å². The van der Waals surface area contributed by atoms with Crippen molar-refractivity contribution in [1.29, 1.82) is 0 Å². The van der Waals surface area contributed by atoms with E-state index in [1.165, 1.54) is 6.92 Å². The van der Waals surface area contributed by atoms with Crippen LogP contribution in [0.3, 0.4) is 0 Å². The summed E-state index contributed by atoms with van der Waals surface area (Å²) in [4.78, 5) is 13.2. The lowest BCUT2D eigenvalue weighted by molar-refractivity contribution is -0.114. The van der Waals surface area contributed by atoms with Crippen LogP contribution < -0.4 is 11.1 Å². The van der Waals surface area contributed by atoms with Gasteiger partial charge in [0.1, 0.15) is 0 Å². The van der Waals surface area contributed by atoms with Gasteiger partial charge in [-0.3, -0.25) is 4.79 Å². The van der Waals surface area contributed by atoms with E-state index < -0.39 is 0 Å². The highest BCUT2D eigenvalue weighted by atomic mass is 79.9. The van der Waals surface area contributed by atoms with Gasteiger partial charge in [0, 0.05) is 32.6 Å². The smallest absolute Gasteiger partial charge is 0.221 e. The summed E-state index contributed by atoms with van der Waals surface area (Å²) in [5.41, 5.74) is 8.51. The van der Waals surface area contributed by atoms with Crippen molar-refractivity contribution in [3.05, 3.63) is 46.4 Å². The van der Waals surface area contributed by atoms with E-state index in [0.29, 0.717) is 0 Å². The zero-order valence-electron chi connectivity index (χ0n) is 11.2. The first-order valence-corrected chi connectivity index (χ1v) is 7.68. The number of carbonyl (C=O) groups is 1. The SMILES string of the molecule is CC(=O)Nc1ccc(Sc2cc(C)c(N)cc2Br)cc1. The number of hydrogen-bond acceptors (Lipinski definition) is 3. The number of carbonyl (C=O) groups excluding carboxylic acids is 1. The first-order valence-electron chi connectivity index (χ1n) is 6.07. The van der Waals surface area contributed by atoms with Gasteiger partial charge in [0.2, 0.25) is 5.91 Å². The number of hydrogen-bond donors (Lipinski definition) is 2. The topological polar surface area (TPSA) is 55.1 Å². The predicted octanol–water partition coefficient (Wildman–Crippen LogP) is 4.45. The summed E-state index contributed by atoms with van der Waals surface area (Å²) >= 11 is 5.18. The fourth-order valence-electron chi connectivity index (χ4n) is 1.69.